The van der Waals surface area contributed by atoms with Gasteiger partial charge in [0.25, 0.3) is 0 Å². The number of esters is 1. The SMILES string of the molecule is COC(=O)CC(=O)CC(O)CCCCCCc1cc(Cl)cc(Cl)c1. The van der Waals surface area contributed by atoms with Crippen LogP contribution in [0.1, 0.15) is 50.5 Å². The number of halogens is 2. The monoisotopic (exact) mass is 374 g/mol. The smallest absolute Gasteiger partial charge is 0.313 e. The fourth-order valence-corrected chi connectivity index (χ4v) is 3.06. The molecule has 0 amide bonds. The highest BCUT2D eigenvalue weighted by atomic mass is 35.5. The Hall–Kier alpha value is -1.10. The number of methoxy groups -OCH3 is 1. The minimum absolute atomic E-state index is 0.0100. The number of aliphatic hydroxyl groups is 1. The summed E-state index contributed by atoms with van der Waals surface area (Å²) in [6.45, 7) is 0. The molecule has 1 aromatic carbocycles. The summed E-state index contributed by atoms with van der Waals surface area (Å²) in [6, 6.07) is 5.56. The van der Waals surface area contributed by atoms with Gasteiger partial charge in [-0.15, -0.1) is 0 Å². The molecule has 0 radical (unpaired) electrons. The maximum absolute atomic E-state index is 11.5. The van der Waals surface area contributed by atoms with Crippen LogP contribution in [0.25, 0.3) is 0 Å². The van der Waals surface area contributed by atoms with E-state index in [0.717, 1.165) is 37.7 Å². The van der Waals surface area contributed by atoms with Gasteiger partial charge in [0, 0.05) is 16.5 Å². The number of aryl methyl sites for hydroxylation is 1. The van der Waals surface area contributed by atoms with E-state index in [1.54, 1.807) is 6.07 Å². The third kappa shape index (κ3) is 9.26. The van der Waals surface area contributed by atoms with Crippen LogP contribution in [-0.2, 0) is 20.7 Å². The first-order valence-electron chi connectivity index (χ1n) is 8.12. The van der Waals surface area contributed by atoms with Gasteiger partial charge < -0.3 is 9.84 Å². The predicted molar refractivity (Wildman–Crippen MR) is 95.5 cm³/mol. The van der Waals surface area contributed by atoms with Crippen molar-refractivity contribution in [2.24, 2.45) is 0 Å². The van der Waals surface area contributed by atoms with Crippen molar-refractivity contribution < 1.29 is 19.4 Å². The van der Waals surface area contributed by atoms with E-state index < -0.39 is 12.1 Å². The summed E-state index contributed by atoms with van der Waals surface area (Å²) in [4.78, 5) is 22.4. The summed E-state index contributed by atoms with van der Waals surface area (Å²) in [5, 5.41) is 11.1. The molecular weight excluding hydrogens is 351 g/mol. The topological polar surface area (TPSA) is 63.6 Å². The molecule has 0 aliphatic carbocycles. The molecule has 1 aromatic rings. The summed E-state index contributed by atoms with van der Waals surface area (Å²) in [5.41, 5.74) is 1.13. The molecule has 0 aliphatic heterocycles. The Morgan fingerprint density at radius 2 is 1.71 bits per heavy atom. The van der Waals surface area contributed by atoms with E-state index in [0.29, 0.717) is 16.5 Å². The van der Waals surface area contributed by atoms with Gasteiger partial charge in [-0.2, -0.15) is 0 Å². The molecule has 1 atom stereocenters. The number of rotatable bonds is 11. The van der Waals surface area contributed by atoms with Crippen molar-refractivity contribution in [3.8, 4) is 0 Å². The van der Waals surface area contributed by atoms with Gasteiger partial charge in [0.1, 0.15) is 12.2 Å². The number of Topliss-reactive ketones (excluding diaryl/α,β-unsaturated/α-hetero) is 1. The number of ketones is 1. The van der Waals surface area contributed by atoms with Crippen LogP contribution in [0.3, 0.4) is 0 Å². The number of carbonyl (C=O) groups is 2. The van der Waals surface area contributed by atoms with Crippen molar-refractivity contribution in [1.29, 1.82) is 0 Å². The fourth-order valence-electron chi connectivity index (χ4n) is 2.49. The summed E-state index contributed by atoms with van der Waals surface area (Å²) in [6.07, 6.45) is 4.43. The lowest BCUT2D eigenvalue weighted by Crippen LogP contribution is -2.16. The molecule has 0 heterocycles. The van der Waals surface area contributed by atoms with Crippen LogP contribution in [0, 0.1) is 0 Å². The van der Waals surface area contributed by atoms with Crippen LogP contribution in [0.4, 0.5) is 0 Å². The zero-order chi connectivity index (χ0) is 17.9. The molecule has 1 unspecified atom stereocenters. The van der Waals surface area contributed by atoms with Gasteiger partial charge in [-0.3, -0.25) is 9.59 Å². The largest absolute Gasteiger partial charge is 0.469 e. The number of carbonyl (C=O) groups excluding carboxylic acids is 2. The number of aliphatic hydroxyl groups excluding tert-OH is 1. The van der Waals surface area contributed by atoms with Crippen LogP contribution in [0.5, 0.6) is 0 Å². The standard InChI is InChI=1S/C18H24Cl2O4/c1-24-18(23)12-17(22)11-16(21)7-5-3-2-4-6-13-8-14(19)10-15(20)9-13/h8-10,16,21H,2-7,11-12H2,1H3. The number of hydrogen-bond acceptors (Lipinski definition) is 4. The highest BCUT2D eigenvalue weighted by molar-refractivity contribution is 6.34. The van der Waals surface area contributed by atoms with E-state index in [2.05, 4.69) is 4.74 Å². The Morgan fingerprint density at radius 1 is 1.08 bits per heavy atom. The fraction of sp³-hybridized carbons (Fsp3) is 0.556. The van der Waals surface area contributed by atoms with Gasteiger partial charge in [0.15, 0.2) is 0 Å². The highest BCUT2D eigenvalue weighted by Crippen LogP contribution is 2.20. The lowest BCUT2D eigenvalue weighted by atomic mass is 10.0. The Kier molecular flexibility index (Phi) is 9.99. The maximum atomic E-state index is 11.5. The number of benzene rings is 1. The molecule has 0 bridgehead atoms. The average Bonchev–Trinajstić information content (AvgIpc) is 2.49. The van der Waals surface area contributed by atoms with Crippen LogP contribution in [0.15, 0.2) is 18.2 Å². The molecule has 4 nitrogen and oxygen atoms in total. The van der Waals surface area contributed by atoms with Crippen LogP contribution >= 0.6 is 23.2 Å². The highest BCUT2D eigenvalue weighted by Gasteiger charge is 2.14. The molecule has 0 aliphatic rings. The second-order valence-electron chi connectivity index (χ2n) is 5.88. The molecular formula is C18H24Cl2O4. The lowest BCUT2D eigenvalue weighted by Gasteiger charge is -2.09. The van der Waals surface area contributed by atoms with Crippen molar-refractivity contribution >= 4 is 35.0 Å². The van der Waals surface area contributed by atoms with Gasteiger partial charge >= 0.3 is 5.97 Å². The molecule has 6 heteroatoms. The Labute approximate surface area is 153 Å². The van der Waals surface area contributed by atoms with Crippen LogP contribution < -0.4 is 0 Å². The van der Waals surface area contributed by atoms with Crippen molar-refractivity contribution in [2.75, 3.05) is 7.11 Å². The Morgan fingerprint density at radius 3 is 2.33 bits per heavy atom. The average molecular weight is 375 g/mol. The maximum Gasteiger partial charge on any atom is 0.313 e. The minimum atomic E-state index is -0.686. The lowest BCUT2D eigenvalue weighted by molar-refractivity contribution is -0.143. The van der Waals surface area contributed by atoms with Crippen LogP contribution in [0.2, 0.25) is 10.0 Å². The summed E-state index contributed by atoms with van der Waals surface area (Å²) in [7, 11) is 1.24. The van der Waals surface area contributed by atoms with Crippen molar-refractivity contribution in [2.45, 2.75) is 57.5 Å². The molecule has 1 N–H and O–H groups in total. The number of hydrogen-bond donors (Lipinski definition) is 1. The second kappa shape index (κ2) is 11.5. The second-order valence-corrected chi connectivity index (χ2v) is 6.75. The molecule has 0 saturated heterocycles. The van der Waals surface area contributed by atoms with E-state index in [-0.39, 0.29) is 18.6 Å². The molecule has 0 aromatic heterocycles. The first kappa shape index (κ1) is 20.9. The molecule has 134 valence electrons. The molecule has 1 rings (SSSR count). The van der Waals surface area contributed by atoms with Gasteiger partial charge in [0.2, 0.25) is 0 Å². The molecule has 0 spiro atoms. The van der Waals surface area contributed by atoms with Crippen molar-refractivity contribution in [3.63, 3.8) is 0 Å². The first-order chi connectivity index (χ1) is 11.4. The number of ether oxygens (including phenoxy) is 1. The third-order valence-electron chi connectivity index (χ3n) is 3.71. The summed E-state index contributed by atoms with van der Waals surface area (Å²) in [5.74, 6) is -0.847. The van der Waals surface area contributed by atoms with Gasteiger partial charge in [-0.1, -0.05) is 42.5 Å². The van der Waals surface area contributed by atoms with Crippen molar-refractivity contribution in [1.82, 2.24) is 0 Å². The van der Waals surface area contributed by atoms with Crippen LogP contribution in [-0.4, -0.2) is 30.1 Å². The zero-order valence-corrected chi connectivity index (χ0v) is 15.4. The quantitative estimate of drug-likeness (QED) is 0.354. The van der Waals surface area contributed by atoms with Gasteiger partial charge in [-0.05, 0) is 43.0 Å². The first-order valence-corrected chi connectivity index (χ1v) is 8.88. The normalized spacial score (nSPS) is 12.0. The van der Waals surface area contributed by atoms with E-state index >= 15 is 0 Å². The van der Waals surface area contributed by atoms with E-state index in [9.17, 15) is 14.7 Å². The van der Waals surface area contributed by atoms with E-state index in [1.807, 2.05) is 12.1 Å². The van der Waals surface area contributed by atoms with E-state index in [4.69, 9.17) is 23.2 Å². The van der Waals surface area contributed by atoms with Gasteiger partial charge in [0.05, 0.1) is 13.2 Å². The van der Waals surface area contributed by atoms with Crippen molar-refractivity contribution in [3.05, 3.63) is 33.8 Å². The number of unbranched alkanes of at least 4 members (excludes halogenated alkanes) is 3. The summed E-state index contributed by atoms with van der Waals surface area (Å²) < 4.78 is 4.42. The van der Waals surface area contributed by atoms with E-state index in [1.165, 1.54) is 7.11 Å². The van der Waals surface area contributed by atoms with Gasteiger partial charge in [-0.25, -0.2) is 0 Å². The molecule has 24 heavy (non-hydrogen) atoms. The molecule has 0 saturated carbocycles. The summed E-state index contributed by atoms with van der Waals surface area (Å²) >= 11 is 11.9. The zero-order valence-electron chi connectivity index (χ0n) is 13.9. The molecule has 0 fully saturated rings. The Bertz CT molecular complexity index is 526. The predicted octanol–water partition coefficient (Wildman–Crippen LogP) is 4.37. The minimum Gasteiger partial charge on any atom is -0.469 e. The third-order valence-corrected chi connectivity index (χ3v) is 4.14. The Balaban J connectivity index is 2.11.